The molecule has 3 rings (SSSR count). The molecule has 1 saturated carbocycles. The van der Waals surface area contributed by atoms with E-state index in [2.05, 4.69) is 6.92 Å². The van der Waals surface area contributed by atoms with E-state index in [-0.39, 0.29) is 29.3 Å². The van der Waals surface area contributed by atoms with Crippen LogP contribution in [0.2, 0.25) is 0 Å². The Kier molecular flexibility index (Phi) is 1.94. The SMILES string of the molecule is [2H][13C]([2H])([2H])C1=C[C@@]23OC(=O)[C@H](C)[C@@H]2CC[C@@H](C)[C@@H]3CC1O. The first kappa shape index (κ1) is 9.13. The third kappa shape index (κ3) is 1.43. The summed E-state index contributed by atoms with van der Waals surface area (Å²) in [7, 11) is 0. The van der Waals surface area contributed by atoms with Crippen molar-refractivity contribution in [3.8, 4) is 0 Å². The van der Waals surface area contributed by atoms with E-state index in [1.807, 2.05) is 6.92 Å². The number of hydrogen-bond donors (Lipinski definition) is 1. The summed E-state index contributed by atoms with van der Waals surface area (Å²) in [5.74, 6) is -0.105. The highest BCUT2D eigenvalue weighted by Gasteiger charge is 2.61. The smallest absolute Gasteiger partial charge is 0.309 e. The molecule has 0 bridgehead atoms. The molecule has 3 nitrogen and oxygen atoms in total. The van der Waals surface area contributed by atoms with E-state index >= 15 is 0 Å². The van der Waals surface area contributed by atoms with Crippen LogP contribution in [0.1, 0.15) is 44.1 Å². The first-order valence-corrected chi connectivity index (χ1v) is 6.81. The highest BCUT2D eigenvalue weighted by Crippen LogP contribution is 2.56. The average molecular weight is 254 g/mol. The molecule has 1 aliphatic heterocycles. The van der Waals surface area contributed by atoms with Crippen LogP contribution in [0, 0.1) is 23.7 Å². The van der Waals surface area contributed by atoms with E-state index in [4.69, 9.17) is 8.85 Å². The van der Waals surface area contributed by atoms with Crippen molar-refractivity contribution in [3.05, 3.63) is 11.6 Å². The van der Waals surface area contributed by atoms with Crippen molar-refractivity contribution in [1.29, 1.82) is 0 Å². The number of hydrogen-bond acceptors (Lipinski definition) is 3. The van der Waals surface area contributed by atoms with Crippen molar-refractivity contribution in [1.82, 2.24) is 0 Å². The lowest BCUT2D eigenvalue weighted by Crippen LogP contribution is -2.52. The second kappa shape index (κ2) is 3.83. The molecule has 1 heterocycles. The molecule has 100 valence electrons. The maximum atomic E-state index is 12.1. The van der Waals surface area contributed by atoms with Gasteiger partial charge in [0.15, 0.2) is 0 Å². The van der Waals surface area contributed by atoms with Gasteiger partial charge < -0.3 is 9.84 Å². The van der Waals surface area contributed by atoms with Crippen LogP contribution in [0.5, 0.6) is 0 Å². The topological polar surface area (TPSA) is 46.5 Å². The van der Waals surface area contributed by atoms with E-state index in [9.17, 15) is 9.90 Å². The van der Waals surface area contributed by atoms with Gasteiger partial charge in [-0.3, -0.25) is 4.79 Å². The quantitative estimate of drug-likeness (QED) is 0.410. The highest BCUT2D eigenvalue weighted by atomic mass is 16.6. The number of ether oxygens (including phenoxy) is 1. The number of aliphatic hydroxyl groups excluding tert-OH is 1. The van der Waals surface area contributed by atoms with Crippen LogP contribution in [0.15, 0.2) is 11.6 Å². The fourth-order valence-electron chi connectivity index (χ4n) is 4.18. The third-order valence-electron chi connectivity index (χ3n) is 5.25. The lowest BCUT2D eigenvalue weighted by molar-refractivity contribution is -0.156. The summed E-state index contributed by atoms with van der Waals surface area (Å²) in [5.41, 5.74) is -0.781. The monoisotopic (exact) mass is 254 g/mol. The Balaban J connectivity index is 2.12. The zero-order valence-electron chi connectivity index (χ0n) is 13.8. The minimum absolute atomic E-state index is 0.00579. The third-order valence-corrected chi connectivity index (χ3v) is 5.25. The number of aliphatic hydroxyl groups is 1. The predicted molar refractivity (Wildman–Crippen MR) is 67.7 cm³/mol. The summed E-state index contributed by atoms with van der Waals surface area (Å²) in [6, 6.07) is 0. The zero-order chi connectivity index (χ0) is 15.6. The highest BCUT2D eigenvalue weighted by molar-refractivity contribution is 5.76. The molecule has 3 heteroatoms. The standard InChI is InChI=1S/C15H22O3/c1-8-4-5-11-10(3)14(17)18-15(11)7-9(2)13(16)6-12(8)15/h7-8,10-13,16H,4-6H2,1-3H3/t8-,10-,11+,12+,13?,15-/m1/s1/i2+1D3. The Hall–Kier alpha value is -0.830. The summed E-state index contributed by atoms with van der Waals surface area (Å²) in [6.45, 7) is 1.62. The number of esters is 1. The maximum absolute atomic E-state index is 12.1. The molecule has 1 spiro atoms. The molecule has 0 aromatic carbocycles. The van der Waals surface area contributed by atoms with Gasteiger partial charge in [-0.25, -0.2) is 0 Å². The van der Waals surface area contributed by atoms with Gasteiger partial charge in [-0.15, -0.1) is 0 Å². The Morgan fingerprint density at radius 1 is 1.44 bits per heavy atom. The van der Waals surface area contributed by atoms with Gasteiger partial charge in [0.05, 0.1) is 12.0 Å². The van der Waals surface area contributed by atoms with Crippen LogP contribution in [0.25, 0.3) is 0 Å². The van der Waals surface area contributed by atoms with Crippen LogP contribution in [0.4, 0.5) is 0 Å². The normalized spacial score (nSPS) is 54.4. The minimum atomic E-state index is -2.34. The van der Waals surface area contributed by atoms with Gasteiger partial charge in [0.25, 0.3) is 0 Å². The molecule has 1 saturated heterocycles. The largest absolute Gasteiger partial charge is 0.454 e. The molecule has 1 N–H and O–H groups in total. The van der Waals surface area contributed by atoms with Crippen molar-refractivity contribution in [2.24, 2.45) is 23.7 Å². The Morgan fingerprint density at radius 3 is 2.94 bits per heavy atom. The molecule has 2 fully saturated rings. The summed E-state index contributed by atoms with van der Waals surface area (Å²) in [5, 5.41) is 10.2. The van der Waals surface area contributed by atoms with E-state index in [0.717, 1.165) is 12.8 Å². The Morgan fingerprint density at radius 2 is 2.22 bits per heavy atom. The fourth-order valence-corrected chi connectivity index (χ4v) is 4.18. The van der Waals surface area contributed by atoms with Gasteiger partial charge in [-0.05, 0) is 43.7 Å². The van der Waals surface area contributed by atoms with Gasteiger partial charge >= 0.3 is 5.97 Å². The van der Waals surface area contributed by atoms with Gasteiger partial charge in [0.1, 0.15) is 5.60 Å². The molecule has 0 aromatic rings. The van der Waals surface area contributed by atoms with Crippen LogP contribution in [-0.4, -0.2) is 22.8 Å². The van der Waals surface area contributed by atoms with E-state index in [0.29, 0.717) is 12.3 Å². The van der Waals surface area contributed by atoms with E-state index in [1.165, 1.54) is 0 Å². The molecule has 3 aliphatic rings. The molecular weight excluding hydrogens is 229 g/mol. The first-order chi connectivity index (χ1) is 9.67. The lowest BCUT2D eigenvalue weighted by atomic mass is 9.58. The molecule has 2 aliphatic carbocycles. The van der Waals surface area contributed by atoms with Crippen LogP contribution in [0.3, 0.4) is 0 Å². The van der Waals surface area contributed by atoms with Crippen molar-refractivity contribution in [3.63, 3.8) is 0 Å². The van der Waals surface area contributed by atoms with E-state index in [1.54, 1.807) is 6.08 Å². The number of rotatable bonds is 0. The molecule has 6 atom stereocenters. The average Bonchev–Trinajstić information content (AvgIpc) is 2.61. The second-order valence-corrected chi connectivity index (χ2v) is 6.18. The molecule has 0 radical (unpaired) electrons. The predicted octanol–water partition coefficient (Wildman–Crippen LogP) is 2.29. The molecule has 0 amide bonds. The first-order valence-electron chi connectivity index (χ1n) is 8.31. The van der Waals surface area contributed by atoms with Crippen molar-refractivity contribution >= 4 is 5.97 Å². The van der Waals surface area contributed by atoms with Crippen molar-refractivity contribution < 1.29 is 18.8 Å². The van der Waals surface area contributed by atoms with Gasteiger partial charge in [0, 0.05) is 15.9 Å². The minimum Gasteiger partial charge on any atom is -0.454 e. The van der Waals surface area contributed by atoms with Crippen LogP contribution in [-0.2, 0) is 9.53 Å². The molecule has 0 aromatic heterocycles. The van der Waals surface area contributed by atoms with E-state index < -0.39 is 18.6 Å². The Bertz CT molecular complexity index is 499. The van der Waals surface area contributed by atoms with Crippen molar-refractivity contribution in [2.75, 3.05) is 0 Å². The van der Waals surface area contributed by atoms with Crippen molar-refractivity contribution in [2.45, 2.75) is 51.7 Å². The lowest BCUT2D eigenvalue weighted by Gasteiger charge is -2.49. The molecular formula is C15H22O3. The van der Waals surface area contributed by atoms with Crippen LogP contribution >= 0.6 is 0 Å². The Labute approximate surface area is 112 Å². The summed E-state index contributed by atoms with van der Waals surface area (Å²) in [4.78, 5) is 12.1. The number of carbonyl (C=O) groups is 1. The van der Waals surface area contributed by atoms with Gasteiger partial charge in [0.2, 0.25) is 0 Å². The van der Waals surface area contributed by atoms with Gasteiger partial charge in [-0.2, -0.15) is 0 Å². The second-order valence-electron chi connectivity index (χ2n) is 6.18. The molecule has 1 unspecified atom stereocenters. The number of carbonyl (C=O) groups excluding carboxylic acids is 1. The maximum Gasteiger partial charge on any atom is 0.309 e. The van der Waals surface area contributed by atoms with Crippen LogP contribution < -0.4 is 0 Å². The fraction of sp³-hybridized carbons (Fsp3) is 0.800. The summed E-state index contributed by atoms with van der Waals surface area (Å²) in [6.07, 6.45) is 2.83. The van der Waals surface area contributed by atoms with Gasteiger partial charge in [-0.1, -0.05) is 13.8 Å². The zero-order valence-corrected chi connectivity index (χ0v) is 10.8. The summed E-state index contributed by atoms with van der Waals surface area (Å²) >= 11 is 0. The molecule has 18 heavy (non-hydrogen) atoms. The summed E-state index contributed by atoms with van der Waals surface area (Å²) < 4.78 is 28.6.